The molecule has 1 heteroatoms. The molecule has 1 unspecified atom stereocenters. The summed E-state index contributed by atoms with van der Waals surface area (Å²) in [6.45, 7) is 9.38. The van der Waals surface area contributed by atoms with Gasteiger partial charge in [-0.15, -0.1) is 0 Å². The van der Waals surface area contributed by atoms with Crippen LogP contribution in [0, 0.1) is 5.92 Å². The maximum absolute atomic E-state index is 2.59. The molecule has 0 aromatic rings. The van der Waals surface area contributed by atoms with Gasteiger partial charge in [0, 0.05) is 0 Å². The second-order valence-corrected chi connectivity index (χ2v) is 16.9. The third kappa shape index (κ3) is 2.01. The molecule has 0 fully saturated rings. The van der Waals surface area contributed by atoms with Crippen LogP contribution in [0.5, 0.6) is 0 Å². The zero-order chi connectivity index (χ0) is 12.8. The molecule has 2 aliphatic carbocycles. The van der Waals surface area contributed by atoms with Crippen molar-refractivity contribution in [1.82, 2.24) is 0 Å². The SMILES string of the molecule is CC1=C(C)C(C)[C]([Zr]([CH3])([CH3])[C]2=CC=CC2)=C1C. The third-order valence-corrected chi connectivity index (χ3v) is 15.0. The van der Waals surface area contributed by atoms with Gasteiger partial charge in [-0.2, -0.15) is 0 Å². The molecular weight excluding hydrogens is 283 g/mol. The molecule has 2 aliphatic rings. The van der Waals surface area contributed by atoms with Crippen LogP contribution < -0.4 is 0 Å². The van der Waals surface area contributed by atoms with Crippen molar-refractivity contribution >= 4 is 0 Å². The zero-order valence-electron chi connectivity index (χ0n) is 12.0. The van der Waals surface area contributed by atoms with Crippen molar-refractivity contribution in [3.8, 4) is 0 Å². The fourth-order valence-electron chi connectivity index (χ4n) is 3.46. The van der Waals surface area contributed by atoms with E-state index in [4.69, 9.17) is 0 Å². The molecule has 0 aromatic heterocycles. The second kappa shape index (κ2) is 4.50. The van der Waals surface area contributed by atoms with Gasteiger partial charge in [-0.05, 0) is 0 Å². The van der Waals surface area contributed by atoms with E-state index in [-0.39, 0.29) is 0 Å². The van der Waals surface area contributed by atoms with E-state index >= 15 is 0 Å². The molecular formula is C16H24Zr. The molecule has 92 valence electrons. The molecule has 0 saturated heterocycles. The molecule has 0 spiro atoms. The van der Waals surface area contributed by atoms with Crippen molar-refractivity contribution in [2.75, 3.05) is 0 Å². The molecule has 0 radical (unpaired) electrons. The van der Waals surface area contributed by atoms with Crippen molar-refractivity contribution in [3.63, 3.8) is 0 Å². The molecule has 0 saturated carbocycles. The first-order valence-corrected chi connectivity index (χ1v) is 14.0. The van der Waals surface area contributed by atoms with Crippen LogP contribution in [0.1, 0.15) is 34.1 Å². The fraction of sp³-hybridized carbons (Fsp3) is 0.500. The Balaban J connectivity index is 2.43. The first-order valence-electron chi connectivity index (χ1n) is 6.62. The Hall–Kier alpha value is -0.157. The van der Waals surface area contributed by atoms with Crippen molar-refractivity contribution in [2.45, 2.75) is 43.4 Å². The van der Waals surface area contributed by atoms with E-state index in [0.717, 1.165) is 0 Å². The number of hydrogen-bond acceptors (Lipinski definition) is 0. The first-order chi connectivity index (χ1) is 7.87. The monoisotopic (exact) mass is 306 g/mol. The minimum absolute atomic E-state index is 0.697. The van der Waals surface area contributed by atoms with Crippen molar-refractivity contribution < 1.29 is 20.3 Å². The van der Waals surface area contributed by atoms with Crippen LogP contribution >= 0.6 is 0 Å². The normalized spacial score (nSPS) is 25.1. The van der Waals surface area contributed by atoms with Crippen LogP contribution in [-0.2, 0) is 20.3 Å². The van der Waals surface area contributed by atoms with Crippen molar-refractivity contribution in [1.29, 1.82) is 0 Å². The molecule has 2 rings (SSSR count). The summed E-state index contributed by atoms with van der Waals surface area (Å²) in [5.41, 5.74) is 4.78. The Labute approximate surface area is 111 Å². The topological polar surface area (TPSA) is 0 Å². The van der Waals surface area contributed by atoms with Crippen molar-refractivity contribution in [2.24, 2.45) is 5.92 Å². The number of allylic oxidation sites excluding steroid dienone is 8. The Morgan fingerprint density at radius 1 is 1.12 bits per heavy atom. The van der Waals surface area contributed by atoms with Gasteiger partial charge in [0.2, 0.25) is 0 Å². The van der Waals surface area contributed by atoms with E-state index in [1.807, 2.05) is 3.28 Å². The number of hydrogen-bond donors (Lipinski definition) is 0. The average molecular weight is 308 g/mol. The van der Waals surface area contributed by atoms with Gasteiger partial charge in [0.05, 0.1) is 0 Å². The van der Waals surface area contributed by atoms with Gasteiger partial charge in [-0.25, -0.2) is 0 Å². The predicted molar refractivity (Wildman–Crippen MR) is 73.8 cm³/mol. The van der Waals surface area contributed by atoms with E-state index < -0.39 is 20.3 Å². The van der Waals surface area contributed by atoms with Crippen LogP contribution in [0.25, 0.3) is 0 Å². The minimum atomic E-state index is -2.24. The van der Waals surface area contributed by atoms with E-state index in [9.17, 15) is 0 Å². The third-order valence-electron chi connectivity index (χ3n) is 4.89. The van der Waals surface area contributed by atoms with Crippen LogP contribution in [0.4, 0.5) is 0 Å². The molecule has 0 amide bonds. The molecule has 17 heavy (non-hydrogen) atoms. The summed E-state index contributed by atoms with van der Waals surface area (Å²) in [5.74, 6) is 0.697. The quantitative estimate of drug-likeness (QED) is 0.646. The molecule has 0 bridgehead atoms. The first kappa shape index (κ1) is 13.3. The standard InChI is InChI=1S/C9H13.C5H5.2CH3.Zr/c1-6-5-7(2)9(4)8(6)3;1-2-4-5-3-1;;;/h6H,1-4H3;1-3H,4H2;2*1H3;. The maximum atomic E-state index is 2.59. The number of rotatable bonds is 2. The molecule has 1 atom stereocenters. The van der Waals surface area contributed by atoms with E-state index in [0.29, 0.717) is 5.92 Å². The molecule has 0 N–H and O–H groups in total. The second-order valence-electron chi connectivity index (χ2n) is 6.02. The van der Waals surface area contributed by atoms with Gasteiger partial charge in [-0.3, -0.25) is 0 Å². The molecule has 0 aromatic carbocycles. The van der Waals surface area contributed by atoms with Gasteiger partial charge in [0.15, 0.2) is 0 Å². The van der Waals surface area contributed by atoms with Gasteiger partial charge in [-0.1, -0.05) is 0 Å². The Morgan fingerprint density at radius 2 is 1.76 bits per heavy atom. The Bertz CT molecular complexity index is 470. The van der Waals surface area contributed by atoms with E-state index in [1.165, 1.54) is 6.42 Å². The average Bonchev–Trinajstić information content (AvgIpc) is 2.85. The van der Waals surface area contributed by atoms with Crippen LogP contribution in [0.15, 0.2) is 41.5 Å². The van der Waals surface area contributed by atoms with Gasteiger partial charge >= 0.3 is 111 Å². The summed E-state index contributed by atoms with van der Waals surface area (Å²) in [6.07, 6.45) is 8.17. The van der Waals surface area contributed by atoms with Crippen LogP contribution in [0.3, 0.4) is 0 Å². The van der Waals surface area contributed by atoms with Crippen LogP contribution in [-0.4, -0.2) is 0 Å². The Morgan fingerprint density at radius 3 is 2.18 bits per heavy atom. The summed E-state index contributed by atoms with van der Waals surface area (Å²) in [7, 11) is 0. The summed E-state index contributed by atoms with van der Waals surface area (Å²) in [6, 6.07) is 0. The summed E-state index contributed by atoms with van der Waals surface area (Å²) < 4.78 is 8.79. The summed E-state index contributed by atoms with van der Waals surface area (Å²) in [4.78, 5) is 0. The predicted octanol–water partition coefficient (Wildman–Crippen LogP) is 5.34. The molecule has 0 nitrogen and oxygen atoms in total. The van der Waals surface area contributed by atoms with Crippen LogP contribution in [0.2, 0.25) is 9.26 Å². The van der Waals surface area contributed by atoms with Gasteiger partial charge < -0.3 is 0 Å². The van der Waals surface area contributed by atoms with Gasteiger partial charge in [0.25, 0.3) is 0 Å². The zero-order valence-corrected chi connectivity index (χ0v) is 14.5. The Kier molecular flexibility index (Phi) is 3.52. The molecule has 0 aliphatic heterocycles. The summed E-state index contributed by atoms with van der Waals surface area (Å²) in [5, 5.41) is 0. The van der Waals surface area contributed by atoms with Gasteiger partial charge in [0.1, 0.15) is 0 Å². The van der Waals surface area contributed by atoms with Crippen molar-refractivity contribution in [3.05, 3.63) is 41.5 Å². The molecule has 0 heterocycles. The summed E-state index contributed by atoms with van der Waals surface area (Å²) >= 11 is -2.24. The fourth-order valence-corrected chi connectivity index (χ4v) is 13.1. The van der Waals surface area contributed by atoms with E-state index in [2.05, 4.69) is 55.2 Å². The van der Waals surface area contributed by atoms with E-state index in [1.54, 1.807) is 20.0 Å².